The van der Waals surface area contributed by atoms with E-state index in [1.165, 1.54) is 11.1 Å². The van der Waals surface area contributed by atoms with Crippen molar-refractivity contribution in [2.75, 3.05) is 0 Å². The van der Waals surface area contributed by atoms with Gasteiger partial charge in [-0.3, -0.25) is 0 Å². The van der Waals surface area contributed by atoms with Crippen LogP contribution >= 0.6 is 0 Å². The monoisotopic (exact) mass is 348 g/mol. The van der Waals surface area contributed by atoms with Gasteiger partial charge in [0.2, 0.25) is 0 Å². The molecule has 0 atom stereocenters. The van der Waals surface area contributed by atoms with Crippen LogP contribution < -0.4 is 4.98 Å². The molecule has 2 aromatic rings. The summed E-state index contributed by atoms with van der Waals surface area (Å²) in [5.41, 5.74) is 4.54. The van der Waals surface area contributed by atoms with Crippen LogP contribution in [-0.2, 0) is 39.0 Å². The molecule has 0 bridgehead atoms. The summed E-state index contributed by atoms with van der Waals surface area (Å²) in [6, 6.07) is 4.13. The van der Waals surface area contributed by atoms with Crippen LogP contribution in [0.2, 0.25) is 0 Å². The van der Waals surface area contributed by atoms with Crippen LogP contribution in [0.4, 0.5) is 0 Å². The normalized spacial score (nSPS) is 6.56. The van der Waals surface area contributed by atoms with E-state index in [-0.39, 0.29) is 76.1 Å². The molecule has 0 spiro atoms. The molecular weight excluding hydrogens is 327 g/mol. The molecule has 0 saturated carbocycles. The van der Waals surface area contributed by atoms with Gasteiger partial charge in [-0.25, -0.2) is 0 Å². The summed E-state index contributed by atoms with van der Waals surface area (Å²) in [4.78, 5) is 8.22. The summed E-state index contributed by atoms with van der Waals surface area (Å²) in [7, 11) is 0. The molecule has 98 valence electrons. The van der Waals surface area contributed by atoms with E-state index in [0.717, 1.165) is 11.0 Å². The van der Waals surface area contributed by atoms with Gasteiger partial charge in [0.15, 0.2) is 0 Å². The Hall–Kier alpha value is -0.0632. The summed E-state index contributed by atoms with van der Waals surface area (Å²) < 4.78 is 0. The van der Waals surface area contributed by atoms with Gasteiger partial charge in [-0.2, -0.15) is 0 Å². The second-order valence-electron chi connectivity index (χ2n) is 2.80. The van der Waals surface area contributed by atoms with Gasteiger partial charge in [0.05, 0.1) is 0 Å². The first-order valence-electron chi connectivity index (χ1n) is 3.62. The fourth-order valence-electron chi connectivity index (χ4n) is 1.15. The van der Waals surface area contributed by atoms with E-state index in [4.69, 9.17) is 0 Å². The molecule has 0 aliphatic carbocycles. The van der Waals surface area contributed by atoms with Crippen LogP contribution in [0.15, 0.2) is 18.5 Å². The van der Waals surface area contributed by atoms with Crippen molar-refractivity contribution in [1.29, 1.82) is 0 Å². The average molecular weight is 351 g/mol. The predicted octanol–water partition coefficient (Wildman–Crippen LogP) is 4.06. The Bertz CT molecular complexity index is 362. The largest absolute Gasteiger partial charge is 2.00 e. The Morgan fingerprint density at radius 1 is 0.889 bits per heavy atom. The Kier molecular flexibility index (Phi) is 30.1. The van der Waals surface area contributed by atoms with Crippen molar-refractivity contribution in [2.24, 2.45) is 0 Å². The zero-order chi connectivity index (χ0) is 7.84. The van der Waals surface area contributed by atoms with Gasteiger partial charge in [-0.1, -0.05) is 18.5 Å². The predicted molar refractivity (Wildman–Crippen MR) is 76.6 cm³/mol. The Balaban J connectivity index is -0.0000000514. The minimum Gasteiger partial charge on any atom is -0.443 e. The number of benzene rings is 1. The van der Waals surface area contributed by atoms with Gasteiger partial charge in [-0.05, 0) is 36.0 Å². The average Bonchev–Trinajstić information content (AvgIpc) is 2.36. The van der Waals surface area contributed by atoms with E-state index in [9.17, 15) is 0 Å². The molecule has 18 heavy (non-hydrogen) atoms. The smallest absolute Gasteiger partial charge is 0.443 e. The molecule has 0 aliphatic heterocycles. The van der Waals surface area contributed by atoms with Crippen molar-refractivity contribution in [3.63, 3.8) is 0 Å². The maximum absolute atomic E-state index is 4.11. The third kappa shape index (κ3) is 7.39. The van der Waals surface area contributed by atoms with Gasteiger partial charge in [0.1, 0.15) is 0 Å². The third-order valence-corrected chi connectivity index (χ3v) is 1.98. The minimum absolute atomic E-state index is 0. The van der Waals surface area contributed by atoms with Crippen molar-refractivity contribution in [2.45, 2.75) is 13.8 Å². The summed E-state index contributed by atoms with van der Waals surface area (Å²) in [5.74, 6) is 0. The molecule has 1 aromatic carbocycles. The van der Waals surface area contributed by atoms with E-state index < -0.39 is 0 Å². The molecule has 0 aliphatic rings. The molecule has 1 heterocycles. The van der Waals surface area contributed by atoms with E-state index >= 15 is 0 Å². The number of aromatic nitrogens is 2. The van der Waals surface area contributed by atoms with Crippen molar-refractivity contribution in [3.05, 3.63) is 66.7 Å². The van der Waals surface area contributed by atoms with Crippen molar-refractivity contribution in [1.82, 2.24) is 9.97 Å². The first-order valence-corrected chi connectivity index (χ1v) is 3.62. The molecule has 0 amide bonds. The molecule has 2 nitrogen and oxygen atoms in total. The standard InChI is InChI=1S/C9H9N2.5CH3.2Zn/c1-6-3-8-9(4-7(6)2)11-5-10-8;;;;;;;/h3-5H,1-2H3;5*1H3;;/q6*-1;;+2. The number of fused-ring (bicyclic) bond motifs is 1. The SMILES string of the molecule is Cc1cc2nc[n-]c2cc1C.[CH3-].[CH3-].[CH3-].[CH3-].[CH3-].[Zn+2].[Zn]. The van der Waals surface area contributed by atoms with Crippen LogP contribution in [0.1, 0.15) is 11.1 Å². The summed E-state index contributed by atoms with van der Waals surface area (Å²) in [6.45, 7) is 4.17. The van der Waals surface area contributed by atoms with E-state index in [2.05, 4.69) is 35.9 Å². The van der Waals surface area contributed by atoms with Crippen LogP contribution in [0.25, 0.3) is 11.0 Å². The second-order valence-corrected chi connectivity index (χ2v) is 2.80. The maximum atomic E-state index is 4.11. The van der Waals surface area contributed by atoms with Crippen molar-refractivity contribution >= 4 is 11.0 Å². The third-order valence-electron chi connectivity index (χ3n) is 1.98. The van der Waals surface area contributed by atoms with Gasteiger partial charge in [0, 0.05) is 19.5 Å². The molecule has 1 aromatic heterocycles. The Labute approximate surface area is 140 Å². The number of hydrogen-bond donors (Lipinski definition) is 0. The summed E-state index contributed by atoms with van der Waals surface area (Å²) >= 11 is 0. The topological polar surface area (TPSA) is 27.0 Å². The molecule has 0 radical (unpaired) electrons. The van der Waals surface area contributed by atoms with E-state index in [1.54, 1.807) is 6.33 Å². The van der Waals surface area contributed by atoms with Crippen molar-refractivity contribution in [3.8, 4) is 0 Å². The summed E-state index contributed by atoms with van der Waals surface area (Å²) in [6.07, 6.45) is 1.60. The van der Waals surface area contributed by atoms with Gasteiger partial charge in [-0.15, -0.1) is 0 Å². The first kappa shape index (κ1) is 36.1. The van der Waals surface area contributed by atoms with Crippen LogP contribution in [0, 0.1) is 51.0 Å². The summed E-state index contributed by atoms with van der Waals surface area (Å²) in [5, 5.41) is 0. The number of hydrogen-bond acceptors (Lipinski definition) is 1. The van der Waals surface area contributed by atoms with Crippen molar-refractivity contribution < 1.29 is 39.0 Å². The molecule has 0 unspecified atom stereocenters. The van der Waals surface area contributed by atoms with Gasteiger partial charge < -0.3 is 47.1 Å². The molecule has 4 heteroatoms. The Morgan fingerprint density at radius 2 is 1.33 bits per heavy atom. The van der Waals surface area contributed by atoms with E-state index in [1.807, 2.05) is 0 Å². The minimum atomic E-state index is 0. The first-order chi connectivity index (χ1) is 5.27. The molecule has 0 saturated heterocycles. The number of aryl methyl sites for hydroxylation is 2. The number of nitrogens with zero attached hydrogens (tertiary/aromatic N) is 2. The quantitative estimate of drug-likeness (QED) is 0.529. The molecule has 0 N–H and O–H groups in total. The van der Waals surface area contributed by atoms with Crippen LogP contribution in [-0.4, -0.2) is 4.98 Å². The van der Waals surface area contributed by atoms with Crippen LogP contribution in [0.3, 0.4) is 0 Å². The molecule has 2 rings (SSSR count). The fraction of sp³-hybridized carbons (Fsp3) is 0.143. The van der Waals surface area contributed by atoms with E-state index in [0.29, 0.717) is 0 Å². The maximum Gasteiger partial charge on any atom is 2.00 e. The Morgan fingerprint density at radius 3 is 1.83 bits per heavy atom. The zero-order valence-electron chi connectivity index (χ0n) is 13.0. The molecule has 0 fully saturated rings. The fourth-order valence-corrected chi connectivity index (χ4v) is 1.15. The van der Waals surface area contributed by atoms with Gasteiger partial charge >= 0.3 is 19.5 Å². The van der Waals surface area contributed by atoms with Gasteiger partial charge in [0.25, 0.3) is 0 Å². The van der Waals surface area contributed by atoms with Crippen LogP contribution in [0.5, 0.6) is 0 Å². The number of imidazole rings is 1. The second kappa shape index (κ2) is 15.0. The zero-order valence-corrected chi connectivity index (χ0v) is 19.0. The molecular formula is C14H24N2Zn2-4. The number of rotatable bonds is 0.